The van der Waals surface area contributed by atoms with Gasteiger partial charge < -0.3 is 4.74 Å². The molecular weight excluding hydrogens is 330 g/mol. The molecule has 25 heavy (non-hydrogen) atoms. The molecule has 1 unspecified atom stereocenters. The Morgan fingerprint density at radius 2 is 2.04 bits per heavy atom. The van der Waals surface area contributed by atoms with Gasteiger partial charge >= 0.3 is 0 Å². The first kappa shape index (κ1) is 17.1. The first-order valence-corrected chi connectivity index (χ1v) is 8.87. The molecule has 0 aliphatic heterocycles. The van der Waals surface area contributed by atoms with Crippen molar-refractivity contribution in [1.82, 2.24) is 9.55 Å². The van der Waals surface area contributed by atoms with Crippen molar-refractivity contribution in [1.29, 1.82) is 5.26 Å². The minimum absolute atomic E-state index is 0.200. The summed E-state index contributed by atoms with van der Waals surface area (Å²) < 4.78 is 7.27. The second-order valence-corrected chi connectivity index (χ2v) is 6.88. The molecule has 126 valence electrons. The molecule has 0 radical (unpaired) electrons. The summed E-state index contributed by atoms with van der Waals surface area (Å²) in [5.41, 5.74) is 3.34. The van der Waals surface area contributed by atoms with Gasteiger partial charge in [0.25, 0.3) is 0 Å². The van der Waals surface area contributed by atoms with Gasteiger partial charge in [-0.1, -0.05) is 47.7 Å². The van der Waals surface area contributed by atoms with Crippen LogP contribution in [0.4, 0.5) is 0 Å². The summed E-state index contributed by atoms with van der Waals surface area (Å²) in [5, 5.41) is 10.2. The van der Waals surface area contributed by atoms with E-state index in [1.165, 1.54) is 17.3 Å². The molecule has 0 spiro atoms. The van der Waals surface area contributed by atoms with Crippen LogP contribution in [0.5, 0.6) is 5.75 Å². The van der Waals surface area contributed by atoms with E-state index in [-0.39, 0.29) is 5.25 Å². The minimum atomic E-state index is -0.200. The number of nitriles is 1. The predicted molar refractivity (Wildman–Crippen MR) is 100 cm³/mol. The molecule has 0 saturated heterocycles. The zero-order chi connectivity index (χ0) is 17.6. The van der Waals surface area contributed by atoms with Crippen molar-refractivity contribution < 1.29 is 4.74 Å². The number of hydrogen-bond acceptors (Lipinski definition) is 4. The number of imidazole rings is 1. The summed E-state index contributed by atoms with van der Waals surface area (Å²) in [5.74, 6) is 0.790. The molecule has 0 saturated carbocycles. The van der Waals surface area contributed by atoms with E-state index >= 15 is 0 Å². The van der Waals surface area contributed by atoms with E-state index in [1.54, 1.807) is 13.3 Å². The van der Waals surface area contributed by atoms with Crippen LogP contribution in [0.1, 0.15) is 11.1 Å². The van der Waals surface area contributed by atoms with Gasteiger partial charge in [0.05, 0.1) is 18.9 Å². The molecule has 5 heteroatoms. The van der Waals surface area contributed by atoms with Crippen molar-refractivity contribution in [2.24, 2.45) is 0 Å². The van der Waals surface area contributed by atoms with Crippen LogP contribution in [0.2, 0.25) is 0 Å². The summed E-state index contributed by atoms with van der Waals surface area (Å²) in [6, 6.07) is 18.5. The normalized spacial score (nSPS) is 11.7. The Morgan fingerprint density at radius 1 is 1.24 bits per heavy atom. The third-order valence-electron chi connectivity index (χ3n) is 3.87. The Morgan fingerprint density at radius 3 is 2.76 bits per heavy atom. The van der Waals surface area contributed by atoms with Crippen molar-refractivity contribution in [2.75, 3.05) is 7.11 Å². The summed E-state index contributed by atoms with van der Waals surface area (Å²) in [6.45, 7) is 2.06. The van der Waals surface area contributed by atoms with E-state index < -0.39 is 0 Å². The van der Waals surface area contributed by atoms with Crippen LogP contribution >= 0.6 is 11.8 Å². The van der Waals surface area contributed by atoms with Crippen molar-refractivity contribution in [2.45, 2.75) is 23.8 Å². The first-order valence-electron chi connectivity index (χ1n) is 7.99. The van der Waals surface area contributed by atoms with Gasteiger partial charge in [-0.15, -0.1) is 0 Å². The van der Waals surface area contributed by atoms with Gasteiger partial charge in [-0.3, -0.25) is 4.57 Å². The molecule has 4 nitrogen and oxygen atoms in total. The van der Waals surface area contributed by atoms with Gasteiger partial charge in [0, 0.05) is 18.5 Å². The van der Waals surface area contributed by atoms with E-state index in [0.29, 0.717) is 6.42 Å². The Hall–Kier alpha value is -2.71. The quantitative estimate of drug-likeness (QED) is 0.618. The number of rotatable bonds is 6. The zero-order valence-electron chi connectivity index (χ0n) is 14.2. The SMILES string of the molecule is COc1cccc(-n2ccnc2SC(C#N)Cc2ccc(C)cc2)c1. The topological polar surface area (TPSA) is 50.8 Å². The Labute approximate surface area is 152 Å². The molecule has 0 N–H and O–H groups in total. The number of ether oxygens (including phenoxy) is 1. The second kappa shape index (κ2) is 7.91. The van der Waals surface area contributed by atoms with E-state index in [9.17, 15) is 5.26 Å². The van der Waals surface area contributed by atoms with E-state index in [4.69, 9.17) is 4.74 Å². The maximum atomic E-state index is 9.56. The average Bonchev–Trinajstić information content (AvgIpc) is 3.11. The van der Waals surface area contributed by atoms with Crippen molar-refractivity contribution in [3.63, 3.8) is 0 Å². The summed E-state index contributed by atoms with van der Waals surface area (Å²) in [4.78, 5) is 4.43. The molecule has 3 aromatic rings. The fourth-order valence-electron chi connectivity index (χ4n) is 2.51. The molecule has 2 aromatic carbocycles. The summed E-state index contributed by atoms with van der Waals surface area (Å²) in [7, 11) is 1.65. The third kappa shape index (κ3) is 4.23. The predicted octanol–water partition coefficient (Wildman–Crippen LogP) is 4.42. The molecule has 1 aromatic heterocycles. The van der Waals surface area contributed by atoms with Crippen molar-refractivity contribution in [3.8, 4) is 17.5 Å². The number of nitrogens with zero attached hydrogens (tertiary/aromatic N) is 3. The number of aryl methyl sites for hydroxylation is 1. The van der Waals surface area contributed by atoms with Crippen LogP contribution in [-0.2, 0) is 6.42 Å². The molecule has 1 atom stereocenters. The molecule has 0 amide bonds. The number of thioether (sulfide) groups is 1. The number of hydrogen-bond donors (Lipinski definition) is 0. The van der Waals surface area contributed by atoms with E-state index in [0.717, 1.165) is 22.2 Å². The average molecular weight is 349 g/mol. The molecule has 0 fully saturated rings. The van der Waals surface area contributed by atoms with Crippen LogP contribution in [0.3, 0.4) is 0 Å². The molecule has 0 bridgehead atoms. The number of methoxy groups -OCH3 is 1. The molecule has 1 heterocycles. The molecule has 0 aliphatic carbocycles. The molecule has 0 aliphatic rings. The maximum Gasteiger partial charge on any atom is 0.173 e. The minimum Gasteiger partial charge on any atom is -0.497 e. The largest absolute Gasteiger partial charge is 0.497 e. The highest BCUT2D eigenvalue weighted by Gasteiger charge is 2.15. The van der Waals surface area contributed by atoms with Crippen molar-refractivity contribution in [3.05, 3.63) is 72.1 Å². The fourth-order valence-corrected chi connectivity index (χ4v) is 3.50. The maximum absolute atomic E-state index is 9.56. The number of aromatic nitrogens is 2. The van der Waals surface area contributed by atoms with E-state index in [2.05, 4.69) is 42.2 Å². The van der Waals surface area contributed by atoms with Crippen LogP contribution in [0, 0.1) is 18.3 Å². The standard InChI is InChI=1S/C20H19N3OS/c1-15-6-8-16(9-7-15)12-19(14-21)25-20-22-10-11-23(20)17-4-3-5-18(13-17)24-2/h3-11,13,19H,12H2,1-2H3. The Kier molecular flexibility index (Phi) is 5.42. The Balaban J connectivity index is 1.79. The lowest BCUT2D eigenvalue weighted by molar-refractivity contribution is 0.414. The second-order valence-electron chi connectivity index (χ2n) is 5.71. The van der Waals surface area contributed by atoms with Crippen LogP contribution in [0.25, 0.3) is 5.69 Å². The van der Waals surface area contributed by atoms with Crippen molar-refractivity contribution >= 4 is 11.8 Å². The molecule has 3 rings (SSSR count). The lowest BCUT2D eigenvalue weighted by Crippen LogP contribution is -2.06. The van der Waals surface area contributed by atoms with Gasteiger partial charge in [0.2, 0.25) is 0 Å². The summed E-state index contributed by atoms with van der Waals surface area (Å²) >= 11 is 1.48. The van der Waals surface area contributed by atoms with Gasteiger partial charge in [0.1, 0.15) is 11.0 Å². The van der Waals surface area contributed by atoms with Crippen LogP contribution in [0.15, 0.2) is 66.1 Å². The lowest BCUT2D eigenvalue weighted by Gasteiger charge is -2.12. The van der Waals surface area contributed by atoms with Crippen LogP contribution in [-0.4, -0.2) is 21.9 Å². The smallest absolute Gasteiger partial charge is 0.173 e. The fraction of sp³-hybridized carbons (Fsp3) is 0.200. The zero-order valence-corrected chi connectivity index (χ0v) is 15.0. The highest BCUT2D eigenvalue weighted by Crippen LogP contribution is 2.27. The van der Waals surface area contributed by atoms with Gasteiger partial charge in [0.15, 0.2) is 5.16 Å². The molecular formula is C20H19N3OS. The summed E-state index contributed by atoms with van der Waals surface area (Å²) in [6.07, 6.45) is 4.34. The van der Waals surface area contributed by atoms with Gasteiger partial charge in [-0.05, 0) is 31.0 Å². The Bertz CT molecular complexity index is 880. The van der Waals surface area contributed by atoms with Gasteiger partial charge in [-0.25, -0.2) is 4.98 Å². The van der Waals surface area contributed by atoms with Crippen LogP contribution < -0.4 is 4.74 Å². The monoisotopic (exact) mass is 349 g/mol. The lowest BCUT2D eigenvalue weighted by atomic mass is 10.1. The highest BCUT2D eigenvalue weighted by molar-refractivity contribution is 8.00. The van der Waals surface area contributed by atoms with E-state index in [1.807, 2.05) is 35.0 Å². The van der Waals surface area contributed by atoms with Gasteiger partial charge in [-0.2, -0.15) is 5.26 Å². The first-order chi connectivity index (χ1) is 12.2. The number of benzene rings is 2. The highest BCUT2D eigenvalue weighted by atomic mass is 32.2. The third-order valence-corrected chi connectivity index (χ3v) is 4.94.